The van der Waals surface area contributed by atoms with E-state index in [1.807, 2.05) is 0 Å². The van der Waals surface area contributed by atoms with Crippen molar-refractivity contribution in [3.63, 3.8) is 0 Å². The van der Waals surface area contributed by atoms with Crippen LogP contribution >= 0.6 is 11.8 Å². The molecule has 0 spiro atoms. The standard InChI is InChI=1S/C14H16N2O3S/c17-13(18)5-4-10-2-1-3-11(8-10)16-14(19)12-9-20-7-6-15-12/h1-5,8,12,15H,6-7,9H2,(H,16,19)(H,17,18)/b5-4+. The number of aliphatic carboxylic acids is 1. The largest absolute Gasteiger partial charge is 0.478 e. The number of rotatable bonds is 4. The van der Waals surface area contributed by atoms with Crippen LogP contribution in [0.2, 0.25) is 0 Å². The molecule has 3 N–H and O–H groups in total. The Morgan fingerprint density at radius 1 is 1.45 bits per heavy atom. The summed E-state index contributed by atoms with van der Waals surface area (Å²) in [6, 6.07) is 6.91. The zero-order valence-electron chi connectivity index (χ0n) is 10.8. The second-order valence-corrected chi connectivity index (χ2v) is 5.52. The van der Waals surface area contributed by atoms with Crippen molar-refractivity contribution in [3.8, 4) is 0 Å². The molecular weight excluding hydrogens is 276 g/mol. The van der Waals surface area contributed by atoms with Crippen molar-refractivity contribution in [2.45, 2.75) is 6.04 Å². The average molecular weight is 292 g/mol. The molecule has 6 heteroatoms. The van der Waals surface area contributed by atoms with E-state index in [1.165, 1.54) is 6.08 Å². The number of carboxylic acids is 1. The van der Waals surface area contributed by atoms with Gasteiger partial charge in [-0.25, -0.2) is 4.79 Å². The van der Waals surface area contributed by atoms with E-state index in [9.17, 15) is 9.59 Å². The van der Waals surface area contributed by atoms with E-state index in [1.54, 1.807) is 36.0 Å². The molecule has 1 aliphatic rings. The quantitative estimate of drug-likeness (QED) is 0.732. The molecule has 20 heavy (non-hydrogen) atoms. The maximum absolute atomic E-state index is 12.0. The minimum atomic E-state index is -0.997. The minimum absolute atomic E-state index is 0.0587. The summed E-state index contributed by atoms with van der Waals surface area (Å²) in [5.41, 5.74) is 1.40. The Hall–Kier alpha value is -1.79. The fraction of sp³-hybridized carbons (Fsp3) is 0.286. The number of hydrogen-bond acceptors (Lipinski definition) is 4. The van der Waals surface area contributed by atoms with Crippen molar-refractivity contribution in [3.05, 3.63) is 35.9 Å². The zero-order chi connectivity index (χ0) is 14.4. The number of carboxylic acid groups (broad SMARTS) is 1. The Morgan fingerprint density at radius 2 is 2.30 bits per heavy atom. The summed E-state index contributed by atoms with van der Waals surface area (Å²) in [6.45, 7) is 0.837. The van der Waals surface area contributed by atoms with E-state index < -0.39 is 5.97 Å². The number of nitrogens with one attached hydrogen (secondary N) is 2. The van der Waals surface area contributed by atoms with Crippen molar-refractivity contribution in [2.75, 3.05) is 23.4 Å². The van der Waals surface area contributed by atoms with E-state index in [-0.39, 0.29) is 11.9 Å². The number of benzene rings is 1. The molecule has 1 fully saturated rings. The highest BCUT2D eigenvalue weighted by atomic mass is 32.2. The average Bonchev–Trinajstić information content (AvgIpc) is 2.46. The molecule has 0 aromatic heterocycles. The summed E-state index contributed by atoms with van der Waals surface area (Å²) in [4.78, 5) is 22.5. The summed E-state index contributed by atoms with van der Waals surface area (Å²) in [6.07, 6.45) is 2.56. The third-order valence-corrected chi connectivity index (χ3v) is 3.87. The molecule has 0 saturated carbocycles. The summed E-state index contributed by atoms with van der Waals surface area (Å²) < 4.78 is 0. The maximum atomic E-state index is 12.0. The Balaban J connectivity index is 2.00. The van der Waals surface area contributed by atoms with Crippen LogP contribution in [0.5, 0.6) is 0 Å². The molecule has 1 atom stereocenters. The van der Waals surface area contributed by atoms with Gasteiger partial charge in [-0.1, -0.05) is 12.1 Å². The lowest BCUT2D eigenvalue weighted by atomic mass is 10.2. The molecule has 1 unspecified atom stereocenters. The van der Waals surface area contributed by atoms with Crippen LogP contribution in [0.1, 0.15) is 5.56 Å². The number of carbonyl (C=O) groups is 2. The molecule has 1 aliphatic heterocycles. The summed E-state index contributed by atoms with van der Waals surface area (Å²) in [5.74, 6) is 0.739. The molecule has 2 rings (SSSR count). The topological polar surface area (TPSA) is 78.4 Å². The molecule has 0 radical (unpaired) electrons. The summed E-state index contributed by atoms with van der Waals surface area (Å²) >= 11 is 1.76. The molecule has 1 aromatic rings. The van der Waals surface area contributed by atoms with Gasteiger partial charge in [-0.05, 0) is 23.8 Å². The highest BCUT2D eigenvalue weighted by molar-refractivity contribution is 7.99. The van der Waals surface area contributed by atoms with Crippen LogP contribution in [0.3, 0.4) is 0 Å². The van der Waals surface area contributed by atoms with E-state index in [4.69, 9.17) is 5.11 Å². The van der Waals surface area contributed by atoms with Gasteiger partial charge < -0.3 is 15.7 Å². The summed E-state index contributed by atoms with van der Waals surface area (Å²) in [5, 5.41) is 14.6. The second-order valence-electron chi connectivity index (χ2n) is 4.37. The van der Waals surface area contributed by atoms with Crippen LogP contribution in [0, 0.1) is 0 Å². The van der Waals surface area contributed by atoms with Gasteiger partial charge in [0.15, 0.2) is 0 Å². The first-order valence-electron chi connectivity index (χ1n) is 6.28. The van der Waals surface area contributed by atoms with Gasteiger partial charge in [0.05, 0.1) is 6.04 Å². The summed E-state index contributed by atoms with van der Waals surface area (Å²) in [7, 11) is 0. The van der Waals surface area contributed by atoms with Crippen LogP contribution in [0.4, 0.5) is 5.69 Å². The molecule has 1 aromatic carbocycles. The zero-order valence-corrected chi connectivity index (χ0v) is 11.7. The lowest BCUT2D eigenvalue weighted by molar-refractivity contribution is -0.131. The first kappa shape index (κ1) is 14.6. The van der Waals surface area contributed by atoms with Crippen LogP contribution < -0.4 is 10.6 Å². The first-order valence-corrected chi connectivity index (χ1v) is 7.44. The van der Waals surface area contributed by atoms with E-state index in [0.717, 1.165) is 29.7 Å². The molecule has 0 bridgehead atoms. The molecule has 1 heterocycles. The number of carbonyl (C=O) groups excluding carboxylic acids is 1. The smallest absolute Gasteiger partial charge is 0.328 e. The van der Waals surface area contributed by atoms with Gasteiger partial charge in [-0.2, -0.15) is 11.8 Å². The van der Waals surface area contributed by atoms with Crippen molar-refractivity contribution < 1.29 is 14.7 Å². The molecule has 106 valence electrons. The van der Waals surface area contributed by atoms with Crippen LogP contribution in [0.25, 0.3) is 6.08 Å². The van der Waals surface area contributed by atoms with Gasteiger partial charge in [0.2, 0.25) is 5.91 Å². The number of amides is 1. The normalized spacial score (nSPS) is 18.9. The Morgan fingerprint density at radius 3 is 3.00 bits per heavy atom. The lowest BCUT2D eigenvalue weighted by Crippen LogP contribution is -2.46. The van der Waals surface area contributed by atoms with Crippen molar-refractivity contribution in [1.29, 1.82) is 0 Å². The van der Waals surface area contributed by atoms with Gasteiger partial charge in [0.1, 0.15) is 0 Å². The minimum Gasteiger partial charge on any atom is -0.478 e. The van der Waals surface area contributed by atoms with Gasteiger partial charge in [0, 0.05) is 29.8 Å². The predicted molar refractivity (Wildman–Crippen MR) is 80.9 cm³/mol. The SMILES string of the molecule is O=C(O)/C=C/c1cccc(NC(=O)C2CSCCN2)c1. The van der Waals surface area contributed by atoms with Crippen molar-refractivity contribution >= 4 is 35.4 Å². The Bertz CT molecular complexity index is 525. The third kappa shape index (κ3) is 4.40. The van der Waals surface area contributed by atoms with E-state index >= 15 is 0 Å². The number of hydrogen-bond donors (Lipinski definition) is 3. The third-order valence-electron chi connectivity index (χ3n) is 2.81. The van der Waals surface area contributed by atoms with E-state index in [2.05, 4.69) is 10.6 Å². The molecular formula is C14H16N2O3S. The van der Waals surface area contributed by atoms with Crippen LogP contribution in [-0.4, -0.2) is 41.1 Å². The molecule has 0 aliphatic carbocycles. The maximum Gasteiger partial charge on any atom is 0.328 e. The first-order chi connectivity index (χ1) is 9.65. The Labute approximate surface area is 121 Å². The Kier molecular flexibility index (Phi) is 5.20. The fourth-order valence-corrected chi connectivity index (χ4v) is 2.78. The van der Waals surface area contributed by atoms with Crippen molar-refractivity contribution in [1.82, 2.24) is 5.32 Å². The highest BCUT2D eigenvalue weighted by Gasteiger charge is 2.20. The fourth-order valence-electron chi connectivity index (χ4n) is 1.85. The number of thioether (sulfide) groups is 1. The van der Waals surface area contributed by atoms with Gasteiger partial charge in [0.25, 0.3) is 0 Å². The monoisotopic (exact) mass is 292 g/mol. The van der Waals surface area contributed by atoms with Gasteiger partial charge >= 0.3 is 5.97 Å². The molecule has 5 nitrogen and oxygen atoms in total. The van der Waals surface area contributed by atoms with Gasteiger partial charge in [-0.15, -0.1) is 0 Å². The van der Waals surface area contributed by atoms with E-state index in [0.29, 0.717) is 5.69 Å². The highest BCUT2D eigenvalue weighted by Crippen LogP contribution is 2.14. The number of anilines is 1. The second kappa shape index (κ2) is 7.12. The van der Waals surface area contributed by atoms with Crippen LogP contribution in [0.15, 0.2) is 30.3 Å². The van der Waals surface area contributed by atoms with Crippen molar-refractivity contribution in [2.24, 2.45) is 0 Å². The molecule has 1 saturated heterocycles. The lowest BCUT2D eigenvalue weighted by Gasteiger charge is -2.22. The van der Waals surface area contributed by atoms with Gasteiger partial charge in [-0.3, -0.25) is 4.79 Å². The van der Waals surface area contributed by atoms with Crippen LogP contribution in [-0.2, 0) is 9.59 Å². The molecule has 1 amide bonds. The predicted octanol–water partition coefficient (Wildman–Crippen LogP) is 1.43.